The molecule has 0 aliphatic carbocycles. The molecule has 1 aromatic heterocycles. The number of hydrogen-bond acceptors (Lipinski definition) is 7. The molecule has 0 saturated carbocycles. The van der Waals surface area contributed by atoms with Crippen molar-refractivity contribution in [3.05, 3.63) is 42.2 Å². The molecule has 8 nitrogen and oxygen atoms in total. The molecule has 1 amide bonds. The van der Waals surface area contributed by atoms with Gasteiger partial charge in [0, 0.05) is 12.3 Å². The third-order valence-corrected chi connectivity index (χ3v) is 3.32. The summed E-state index contributed by atoms with van der Waals surface area (Å²) in [7, 11) is 3.04. The summed E-state index contributed by atoms with van der Waals surface area (Å²) in [5, 5.41) is 2.59. The number of anilines is 1. The van der Waals surface area contributed by atoms with E-state index < -0.39 is 11.9 Å². The summed E-state index contributed by atoms with van der Waals surface area (Å²) in [5.74, 6) is 0.500. The summed E-state index contributed by atoms with van der Waals surface area (Å²) in [5.41, 5.74) is 0.480. The van der Waals surface area contributed by atoms with Gasteiger partial charge < -0.3 is 24.3 Å². The van der Waals surface area contributed by atoms with Crippen LogP contribution in [0.3, 0.4) is 0 Å². The summed E-state index contributed by atoms with van der Waals surface area (Å²) in [6.07, 6.45) is 2.82. The molecule has 0 fully saturated rings. The van der Waals surface area contributed by atoms with E-state index in [0.717, 1.165) is 0 Å². The van der Waals surface area contributed by atoms with Gasteiger partial charge in [0.25, 0.3) is 5.91 Å². The molecule has 0 spiro atoms. The average molecular weight is 360 g/mol. The molecule has 26 heavy (non-hydrogen) atoms. The molecule has 0 aliphatic rings. The number of benzene rings is 1. The van der Waals surface area contributed by atoms with Crippen molar-refractivity contribution in [2.45, 2.75) is 6.92 Å². The van der Waals surface area contributed by atoms with Gasteiger partial charge in [-0.05, 0) is 25.1 Å². The van der Waals surface area contributed by atoms with Crippen LogP contribution in [0.1, 0.15) is 17.3 Å². The molecule has 8 heteroatoms. The minimum absolute atomic E-state index is 0.223. The predicted molar refractivity (Wildman–Crippen MR) is 93.9 cm³/mol. The zero-order valence-electron chi connectivity index (χ0n) is 14.8. The second-order valence-electron chi connectivity index (χ2n) is 5.00. The van der Waals surface area contributed by atoms with Crippen LogP contribution in [-0.4, -0.2) is 44.3 Å². The average Bonchev–Trinajstić information content (AvgIpc) is 2.66. The highest BCUT2D eigenvalue weighted by Crippen LogP contribution is 2.30. The van der Waals surface area contributed by atoms with Crippen LogP contribution in [0, 0.1) is 0 Å². The van der Waals surface area contributed by atoms with Crippen molar-refractivity contribution in [1.29, 1.82) is 0 Å². The predicted octanol–water partition coefficient (Wildman–Crippen LogP) is 2.29. The Balaban J connectivity index is 2.01. The second-order valence-corrected chi connectivity index (χ2v) is 5.00. The topological polar surface area (TPSA) is 96.0 Å². The maximum absolute atomic E-state index is 12.1. The molecule has 1 heterocycles. The molecule has 0 aliphatic heterocycles. The number of amides is 1. The van der Waals surface area contributed by atoms with E-state index in [9.17, 15) is 9.59 Å². The monoisotopic (exact) mass is 360 g/mol. The second kappa shape index (κ2) is 9.26. The minimum Gasteiger partial charge on any atom is -0.493 e. The Morgan fingerprint density at radius 3 is 2.58 bits per heavy atom. The number of nitrogens with zero attached hydrogens (tertiary/aromatic N) is 1. The Kier molecular flexibility index (Phi) is 6.78. The Morgan fingerprint density at radius 2 is 1.88 bits per heavy atom. The molecule has 1 N–H and O–H groups in total. The third kappa shape index (κ3) is 4.85. The molecule has 2 aromatic rings. The number of rotatable bonds is 8. The van der Waals surface area contributed by atoms with Gasteiger partial charge in [-0.3, -0.25) is 9.78 Å². The number of hydrogen-bond donors (Lipinski definition) is 1. The summed E-state index contributed by atoms with van der Waals surface area (Å²) in [6.45, 7) is 1.68. The van der Waals surface area contributed by atoms with E-state index in [1.54, 1.807) is 25.1 Å². The van der Waals surface area contributed by atoms with E-state index in [4.69, 9.17) is 18.9 Å². The van der Waals surface area contributed by atoms with Crippen molar-refractivity contribution in [3.63, 3.8) is 0 Å². The van der Waals surface area contributed by atoms with Gasteiger partial charge in [-0.1, -0.05) is 0 Å². The summed E-state index contributed by atoms with van der Waals surface area (Å²) >= 11 is 0. The van der Waals surface area contributed by atoms with E-state index in [1.165, 1.54) is 32.7 Å². The minimum atomic E-state index is -0.536. The fourth-order valence-electron chi connectivity index (χ4n) is 2.12. The van der Waals surface area contributed by atoms with E-state index >= 15 is 0 Å². The number of methoxy groups -OCH3 is 2. The Hall–Kier alpha value is -3.29. The largest absolute Gasteiger partial charge is 0.493 e. The molecule has 0 bridgehead atoms. The summed E-state index contributed by atoms with van der Waals surface area (Å²) in [4.78, 5) is 27.9. The van der Waals surface area contributed by atoms with Crippen LogP contribution in [0.4, 0.5) is 5.69 Å². The van der Waals surface area contributed by atoms with Crippen molar-refractivity contribution in [2.75, 3.05) is 32.8 Å². The highest BCUT2D eigenvalue weighted by molar-refractivity contribution is 6.01. The number of pyridine rings is 1. The van der Waals surface area contributed by atoms with Crippen LogP contribution in [0.15, 0.2) is 36.7 Å². The molecule has 0 saturated heterocycles. The lowest BCUT2D eigenvalue weighted by molar-refractivity contribution is -0.118. The molecular formula is C18H20N2O6. The highest BCUT2D eigenvalue weighted by Gasteiger charge is 2.15. The van der Waals surface area contributed by atoms with Crippen LogP contribution in [0.2, 0.25) is 0 Å². The summed E-state index contributed by atoms with van der Waals surface area (Å²) < 4.78 is 20.7. The normalized spacial score (nSPS) is 9.96. The lowest BCUT2D eigenvalue weighted by atomic mass is 10.2. The fourth-order valence-corrected chi connectivity index (χ4v) is 2.12. The number of esters is 1. The van der Waals surface area contributed by atoms with Crippen LogP contribution in [0.5, 0.6) is 17.2 Å². The number of nitrogens with one attached hydrogen (secondary N) is 1. The van der Waals surface area contributed by atoms with Gasteiger partial charge in [-0.25, -0.2) is 4.79 Å². The summed E-state index contributed by atoms with van der Waals surface area (Å²) in [6, 6.07) is 6.41. The smallest absolute Gasteiger partial charge is 0.340 e. The third-order valence-electron chi connectivity index (χ3n) is 3.32. The number of carbonyl (C=O) groups excluding carboxylic acids is 2. The van der Waals surface area contributed by atoms with Gasteiger partial charge in [-0.2, -0.15) is 0 Å². The van der Waals surface area contributed by atoms with Gasteiger partial charge in [0.15, 0.2) is 18.1 Å². The molecule has 0 unspecified atom stereocenters. The van der Waals surface area contributed by atoms with Crippen LogP contribution >= 0.6 is 0 Å². The number of carbonyl (C=O) groups is 2. The quantitative estimate of drug-likeness (QED) is 0.722. The van der Waals surface area contributed by atoms with Gasteiger partial charge in [0.2, 0.25) is 0 Å². The van der Waals surface area contributed by atoms with Crippen molar-refractivity contribution in [1.82, 2.24) is 4.98 Å². The SMILES string of the molecule is CCOC(=O)c1ccncc1NC(=O)COc1ccc(OC)c(OC)c1. The zero-order chi connectivity index (χ0) is 18.9. The van der Waals surface area contributed by atoms with Gasteiger partial charge >= 0.3 is 5.97 Å². The van der Waals surface area contributed by atoms with Crippen molar-refractivity contribution in [3.8, 4) is 17.2 Å². The maximum Gasteiger partial charge on any atom is 0.340 e. The lowest BCUT2D eigenvalue weighted by Crippen LogP contribution is -2.22. The first-order valence-electron chi connectivity index (χ1n) is 7.84. The van der Waals surface area contributed by atoms with Crippen molar-refractivity contribution >= 4 is 17.6 Å². The lowest BCUT2D eigenvalue weighted by Gasteiger charge is -2.12. The number of aromatic nitrogens is 1. The van der Waals surface area contributed by atoms with Crippen LogP contribution in [-0.2, 0) is 9.53 Å². The first-order valence-corrected chi connectivity index (χ1v) is 7.84. The van der Waals surface area contributed by atoms with Gasteiger partial charge in [-0.15, -0.1) is 0 Å². The maximum atomic E-state index is 12.1. The first kappa shape index (κ1) is 19.0. The molecule has 138 valence electrons. The van der Waals surface area contributed by atoms with Gasteiger partial charge in [0.05, 0.1) is 38.3 Å². The van der Waals surface area contributed by atoms with E-state index in [-0.39, 0.29) is 24.5 Å². The molecule has 1 aromatic carbocycles. The standard InChI is InChI=1S/C18H20N2O6/c1-4-25-18(22)13-7-8-19-10-14(13)20-17(21)11-26-12-5-6-15(23-2)16(9-12)24-3/h5-10H,4,11H2,1-3H3,(H,20,21). The van der Waals surface area contributed by atoms with Crippen LogP contribution in [0.25, 0.3) is 0 Å². The first-order chi connectivity index (χ1) is 12.6. The Bertz CT molecular complexity index is 778. The fraction of sp³-hybridized carbons (Fsp3) is 0.278. The molecular weight excluding hydrogens is 340 g/mol. The van der Waals surface area contributed by atoms with Crippen LogP contribution < -0.4 is 19.5 Å². The number of ether oxygens (including phenoxy) is 4. The highest BCUT2D eigenvalue weighted by atomic mass is 16.5. The van der Waals surface area contributed by atoms with E-state index in [1.807, 2.05) is 0 Å². The molecule has 0 radical (unpaired) electrons. The molecule has 0 atom stereocenters. The van der Waals surface area contributed by atoms with Crippen molar-refractivity contribution < 1.29 is 28.5 Å². The zero-order valence-corrected chi connectivity index (χ0v) is 14.8. The molecule has 2 rings (SSSR count). The Morgan fingerprint density at radius 1 is 1.12 bits per heavy atom. The van der Waals surface area contributed by atoms with E-state index in [0.29, 0.717) is 17.2 Å². The Labute approximate surface area is 151 Å². The van der Waals surface area contributed by atoms with Crippen molar-refractivity contribution in [2.24, 2.45) is 0 Å². The van der Waals surface area contributed by atoms with E-state index in [2.05, 4.69) is 10.3 Å². The van der Waals surface area contributed by atoms with Gasteiger partial charge in [0.1, 0.15) is 5.75 Å².